The Hall–Kier alpha value is -3.49. The molecule has 9 heteroatoms. The molecule has 3 amide bonds. The third-order valence-electron chi connectivity index (χ3n) is 5.63. The van der Waals surface area contributed by atoms with Crippen LogP contribution in [0.2, 0.25) is 0 Å². The Balaban J connectivity index is 1.46. The largest absolute Gasteiger partial charge is 0.497 e. The fraction of sp³-hybridized carbons (Fsp3) is 0.318. The van der Waals surface area contributed by atoms with Crippen LogP contribution < -0.4 is 10.1 Å². The van der Waals surface area contributed by atoms with Crippen LogP contribution in [0.4, 0.5) is 8.78 Å². The number of methoxy groups -OCH3 is 1. The van der Waals surface area contributed by atoms with Crippen LogP contribution in [0.15, 0.2) is 42.5 Å². The van der Waals surface area contributed by atoms with Gasteiger partial charge in [-0.05, 0) is 35.9 Å². The van der Waals surface area contributed by atoms with Crippen molar-refractivity contribution in [2.24, 2.45) is 0 Å². The van der Waals surface area contributed by atoms with E-state index in [2.05, 4.69) is 5.32 Å². The fourth-order valence-electron chi connectivity index (χ4n) is 3.95. The van der Waals surface area contributed by atoms with Gasteiger partial charge in [-0.1, -0.05) is 12.1 Å². The summed E-state index contributed by atoms with van der Waals surface area (Å²) >= 11 is 0. The highest BCUT2D eigenvalue weighted by Gasteiger charge is 2.44. The van der Waals surface area contributed by atoms with Gasteiger partial charge in [-0.25, -0.2) is 8.78 Å². The number of ether oxygens (including phenoxy) is 1. The quantitative estimate of drug-likeness (QED) is 0.796. The van der Waals surface area contributed by atoms with Crippen molar-refractivity contribution in [1.29, 1.82) is 0 Å². The van der Waals surface area contributed by atoms with Crippen LogP contribution in [0.25, 0.3) is 0 Å². The summed E-state index contributed by atoms with van der Waals surface area (Å²) in [5, 5.41) is 2.73. The van der Waals surface area contributed by atoms with Gasteiger partial charge < -0.3 is 19.9 Å². The van der Waals surface area contributed by atoms with E-state index in [0.29, 0.717) is 12.2 Å². The molecule has 0 bridgehead atoms. The Morgan fingerprint density at radius 3 is 2.58 bits per heavy atom. The smallest absolute Gasteiger partial charge is 0.257 e. The molecule has 2 fully saturated rings. The Morgan fingerprint density at radius 1 is 1.13 bits per heavy atom. The normalized spacial score (nSPS) is 20.9. The van der Waals surface area contributed by atoms with E-state index in [1.54, 1.807) is 19.2 Å². The lowest BCUT2D eigenvalue weighted by molar-refractivity contribution is -0.152. The maximum absolute atomic E-state index is 14.0. The van der Waals surface area contributed by atoms with E-state index in [-0.39, 0.29) is 31.4 Å². The zero-order chi connectivity index (χ0) is 22.1. The summed E-state index contributed by atoms with van der Waals surface area (Å²) in [4.78, 5) is 41.1. The summed E-state index contributed by atoms with van der Waals surface area (Å²) in [6.07, 6.45) is 0.328. The molecule has 2 saturated heterocycles. The second kappa shape index (κ2) is 8.33. The minimum absolute atomic E-state index is 0.0817. The van der Waals surface area contributed by atoms with E-state index in [4.69, 9.17) is 4.74 Å². The van der Waals surface area contributed by atoms with E-state index in [1.165, 1.54) is 9.80 Å². The first kappa shape index (κ1) is 20.8. The van der Waals surface area contributed by atoms with Crippen molar-refractivity contribution in [3.8, 4) is 5.75 Å². The average molecular weight is 429 g/mol. The third kappa shape index (κ3) is 4.08. The van der Waals surface area contributed by atoms with Crippen LogP contribution in [0.5, 0.6) is 5.75 Å². The molecule has 0 spiro atoms. The van der Waals surface area contributed by atoms with Crippen molar-refractivity contribution in [2.75, 3.05) is 26.7 Å². The predicted octanol–water partition coefficient (Wildman–Crippen LogP) is 1.37. The molecule has 0 unspecified atom stereocenters. The lowest BCUT2D eigenvalue weighted by atomic mass is 9.98. The van der Waals surface area contributed by atoms with Crippen molar-refractivity contribution in [1.82, 2.24) is 15.1 Å². The van der Waals surface area contributed by atoms with Gasteiger partial charge in [0.25, 0.3) is 5.91 Å². The van der Waals surface area contributed by atoms with Crippen molar-refractivity contribution >= 4 is 17.7 Å². The second-order valence-electron chi connectivity index (χ2n) is 7.54. The minimum Gasteiger partial charge on any atom is -0.497 e. The van der Waals surface area contributed by atoms with Gasteiger partial charge in [-0.15, -0.1) is 0 Å². The number of nitrogens with one attached hydrogen (secondary N) is 1. The van der Waals surface area contributed by atoms with Gasteiger partial charge in [0.1, 0.15) is 29.5 Å². The molecule has 2 aromatic rings. The summed E-state index contributed by atoms with van der Waals surface area (Å²) < 4.78 is 32.6. The standard InChI is InChI=1S/C22H21F2N3O4/c1-31-15-5-2-13(3-6-15)10-18-22(30)27-9-8-26(12-19(27)20(28)25-18)21(29)16-11-14(23)4-7-17(16)24/h2-7,11,18-19H,8-10,12H2,1H3,(H,25,28)/t18-,19+/m0/s1. The molecule has 2 heterocycles. The van der Waals surface area contributed by atoms with Crippen LogP contribution in [-0.2, 0) is 16.0 Å². The van der Waals surface area contributed by atoms with Crippen LogP contribution in [0, 0.1) is 11.6 Å². The summed E-state index contributed by atoms with van der Waals surface area (Å²) in [6.45, 7) is 0.180. The van der Waals surface area contributed by atoms with E-state index in [1.807, 2.05) is 12.1 Å². The molecule has 0 aliphatic carbocycles. The summed E-state index contributed by atoms with van der Waals surface area (Å²) in [7, 11) is 1.56. The van der Waals surface area contributed by atoms with Gasteiger partial charge in [-0.2, -0.15) is 0 Å². The fourth-order valence-corrected chi connectivity index (χ4v) is 3.95. The molecular weight excluding hydrogens is 408 g/mol. The summed E-state index contributed by atoms with van der Waals surface area (Å²) in [5.74, 6) is -2.19. The molecular formula is C22H21F2N3O4. The van der Waals surface area contributed by atoms with Gasteiger partial charge in [0.15, 0.2) is 0 Å². The number of carbonyl (C=O) groups is 3. The van der Waals surface area contributed by atoms with E-state index in [0.717, 1.165) is 23.8 Å². The molecule has 0 radical (unpaired) electrons. The molecule has 7 nitrogen and oxygen atoms in total. The number of carbonyl (C=O) groups excluding carboxylic acids is 3. The van der Waals surface area contributed by atoms with Crippen molar-refractivity contribution in [3.63, 3.8) is 0 Å². The molecule has 4 rings (SSSR count). The maximum Gasteiger partial charge on any atom is 0.257 e. The number of hydrogen-bond acceptors (Lipinski definition) is 4. The zero-order valence-corrected chi connectivity index (χ0v) is 16.8. The minimum atomic E-state index is -0.867. The van der Waals surface area contributed by atoms with Crippen molar-refractivity contribution in [2.45, 2.75) is 18.5 Å². The van der Waals surface area contributed by atoms with Crippen LogP contribution in [0.3, 0.4) is 0 Å². The SMILES string of the molecule is COc1ccc(C[C@@H]2NC(=O)[C@H]3CN(C(=O)c4cc(F)ccc4F)CCN3C2=O)cc1. The van der Waals surface area contributed by atoms with Crippen molar-refractivity contribution in [3.05, 3.63) is 65.2 Å². The molecule has 2 aromatic carbocycles. The molecule has 1 N–H and O–H groups in total. The number of piperazine rings is 2. The molecule has 162 valence electrons. The number of rotatable bonds is 4. The van der Waals surface area contributed by atoms with E-state index in [9.17, 15) is 23.2 Å². The molecule has 0 aromatic heterocycles. The Kier molecular flexibility index (Phi) is 5.58. The first-order chi connectivity index (χ1) is 14.9. The van der Waals surface area contributed by atoms with Gasteiger partial charge in [0.05, 0.1) is 19.2 Å². The number of hydrogen-bond donors (Lipinski definition) is 1. The Bertz CT molecular complexity index is 1030. The predicted molar refractivity (Wildman–Crippen MR) is 106 cm³/mol. The Morgan fingerprint density at radius 2 is 1.87 bits per heavy atom. The number of benzene rings is 2. The second-order valence-corrected chi connectivity index (χ2v) is 7.54. The summed E-state index contributed by atoms with van der Waals surface area (Å²) in [6, 6.07) is 8.30. The zero-order valence-electron chi connectivity index (χ0n) is 16.8. The third-order valence-corrected chi connectivity index (χ3v) is 5.63. The average Bonchev–Trinajstić information content (AvgIpc) is 2.78. The van der Waals surface area contributed by atoms with Gasteiger partial charge in [0.2, 0.25) is 11.8 Å². The van der Waals surface area contributed by atoms with Crippen LogP contribution >= 0.6 is 0 Å². The van der Waals surface area contributed by atoms with Crippen molar-refractivity contribution < 1.29 is 27.9 Å². The van der Waals surface area contributed by atoms with Gasteiger partial charge in [0, 0.05) is 19.5 Å². The molecule has 2 atom stereocenters. The van der Waals surface area contributed by atoms with E-state index < -0.39 is 35.2 Å². The molecule has 31 heavy (non-hydrogen) atoms. The Labute approximate surface area is 177 Å². The highest BCUT2D eigenvalue weighted by molar-refractivity contribution is 5.99. The van der Waals surface area contributed by atoms with Crippen LogP contribution in [0.1, 0.15) is 15.9 Å². The van der Waals surface area contributed by atoms with Crippen LogP contribution in [-0.4, -0.2) is 66.3 Å². The monoisotopic (exact) mass is 429 g/mol. The first-order valence-electron chi connectivity index (χ1n) is 9.85. The summed E-state index contributed by atoms with van der Waals surface area (Å²) in [5.41, 5.74) is 0.474. The highest BCUT2D eigenvalue weighted by atomic mass is 19.1. The van der Waals surface area contributed by atoms with Gasteiger partial charge in [-0.3, -0.25) is 14.4 Å². The number of amides is 3. The number of nitrogens with zero attached hydrogens (tertiary/aromatic N) is 2. The number of halogens is 2. The maximum atomic E-state index is 14.0. The number of fused-ring (bicyclic) bond motifs is 1. The highest BCUT2D eigenvalue weighted by Crippen LogP contribution is 2.21. The topological polar surface area (TPSA) is 79.0 Å². The lowest BCUT2D eigenvalue weighted by Crippen LogP contribution is -2.70. The molecule has 2 aliphatic heterocycles. The molecule has 0 saturated carbocycles. The lowest BCUT2D eigenvalue weighted by Gasteiger charge is -2.45. The van der Waals surface area contributed by atoms with E-state index >= 15 is 0 Å². The van der Waals surface area contributed by atoms with Gasteiger partial charge >= 0.3 is 0 Å². The first-order valence-corrected chi connectivity index (χ1v) is 9.85. The molecule has 2 aliphatic rings.